The molecule has 6 rings (SSSR count). The molecule has 0 unspecified atom stereocenters. The molecular weight excluding hydrogens is 692 g/mol. The van der Waals surface area contributed by atoms with Gasteiger partial charge in [-0.15, -0.1) is 0 Å². The number of hydrogen-bond donors (Lipinski definition) is 2. The summed E-state index contributed by atoms with van der Waals surface area (Å²) in [7, 11) is 0. The molecule has 0 saturated carbocycles. The second-order valence-electron chi connectivity index (χ2n) is 13.0. The van der Waals surface area contributed by atoms with Gasteiger partial charge < -0.3 is 15.2 Å². The van der Waals surface area contributed by atoms with Gasteiger partial charge in [-0.1, -0.05) is 60.1 Å². The highest BCUT2D eigenvalue weighted by atomic mass is 35.5. The number of benzene rings is 3. The van der Waals surface area contributed by atoms with Crippen LogP contribution in [0.3, 0.4) is 0 Å². The van der Waals surface area contributed by atoms with Gasteiger partial charge in [-0.3, -0.25) is 23.6 Å². The molecule has 1 aromatic heterocycles. The zero-order chi connectivity index (χ0) is 36.3. The molecule has 9 nitrogen and oxygen atoms in total. The minimum Gasteiger partial charge on any atom is -0.481 e. The average Bonchev–Trinajstić information content (AvgIpc) is 3.46. The fraction of sp³-hybridized carbons (Fsp3) is 0.378. The molecule has 0 bridgehead atoms. The molecule has 0 amide bonds. The quantitative estimate of drug-likeness (QED) is 0.135. The van der Waals surface area contributed by atoms with E-state index in [-0.39, 0.29) is 43.8 Å². The van der Waals surface area contributed by atoms with E-state index in [1.807, 2.05) is 18.2 Å². The molecule has 3 aromatic carbocycles. The van der Waals surface area contributed by atoms with Crippen LogP contribution in [-0.4, -0.2) is 44.7 Å². The molecule has 0 aliphatic carbocycles. The number of carboxylic acid groups (broad SMARTS) is 1. The van der Waals surface area contributed by atoms with Crippen molar-refractivity contribution in [3.8, 4) is 0 Å². The Morgan fingerprint density at radius 3 is 2.39 bits per heavy atom. The van der Waals surface area contributed by atoms with Crippen molar-refractivity contribution in [1.82, 2.24) is 19.4 Å². The number of fused-ring (bicyclic) bond motifs is 2. The molecule has 270 valence electrons. The van der Waals surface area contributed by atoms with Gasteiger partial charge in [0.2, 0.25) is 0 Å². The fourth-order valence-corrected chi connectivity index (χ4v) is 7.34. The fourth-order valence-electron chi connectivity index (χ4n) is 7.13. The first-order valence-electron chi connectivity index (χ1n) is 16.7. The van der Waals surface area contributed by atoms with E-state index in [0.717, 1.165) is 32.9 Å². The van der Waals surface area contributed by atoms with E-state index in [0.29, 0.717) is 43.1 Å². The van der Waals surface area contributed by atoms with Crippen LogP contribution >= 0.6 is 11.6 Å². The van der Waals surface area contributed by atoms with Crippen molar-refractivity contribution in [2.24, 2.45) is 0 Å². The number of rotatable bonds is 12. The van der Waals surface area contributed by atoms with Crippen molar-refractivity contribution in [3.05, 3.63) is 138 Å². The zero-order valence-corrected chi connectivity index (χ0v) is 28.4. The minimum absolute atomic E-state index is 0.0987. The number of aromatic nitrogens is 2. The van der Waals surface area contributed by atoms with Gasteiger partial charge in [0.15, 0.2) is 0 Å². The van der Waals surface area contributed by atoms with Crippen LogP contribution in [0.2, 0.25) is 5.02 Å². The lowest BCUT2D eigenvalue weighted by Gasteiger charge is -2.39. The second-order valence-corrected chi connectivity index (χ2v) is 13.4. The Labute approximate surface area is 296 Å². The Morgan fingerprint density at radius 1 is 0.980 bits per heavy atom. The molecule has 2 aliphatic rings. The summed E-state index contributed by atoms with van der Waals surface area (Å²) < 4.78 is 65.9. The predicted octanol–water partition coefficient (Wildman–Crippen LogP) is 6.09. The first-order valence-corrected chi connectivity index (χ1v) is 17.1. The monoisotopic (exact) mass is 728 g/mol. The summed E-state index contributed by atoms with van der Waals surface area (Å²) in [6.45, 7) is 0.697. The molecule has 4 aromatic rings. The number of likely N-dealkylation sites (tertiary alicyclic amines) is 1. The molecule has 0 radical (unpaired) electrons. The summed E-state index contributed by atoms with van der Waals surface area (Å²) in [6.07, 6.45) is -3.98. The summed E-state index contributed by atoms with van der Waals surface area (Å²) in [4.78, 5) is 42.2. The summed E-state index contributed by atoms with van der Waals surface area (Å²) in [5.74, 6) is -2.10. The molecule has 1 atom stereocenters. The smallest absolute Gasteiger partial charge is 0.416 e. The third-order valence-corrected chi connectivity index (χ3v) is 9.94. The number of hydrogen-bond acceptors (Lipinski definition) is 6. The van der Waals surface area contributed by atoms with E-state index in [1.165, 1.54) is 0 Å². The maximum absolute atomic E-state index is 15.2. The summed E-state index contributed by atoms with van der Waals surface area (Å²) in [5.41, 5.74) is -2.54. The Kier molecular flexibility index (Phi) is 10.8. The number of carboxylic acids is 1. The topological polar surface area (TPSA) is 106 Å². The van der Waals surface area contributed by atoms with Crippen molar-refractivity contribution in [1.29, 1.82) is 0 Å². The van der Waals surface area contributed by atoms with E-state index in [4.69, 9.17) is 21.4 Å². The molecule has 1 fully saturated rings. The number of carbonyl (C=O) groups is 1. The normalized spacial score (nSPS) is 16.3. The van der Waals surface area contributed by atoms with Crippen LogP contribution in [0.25, 0.3) is 0 Å². The maximum atomic E-state index is 15.2. The summed E-state index contributed by atoms with van der Waals surface area (Å²) in [5, 5.41) is 13.0. The van der Waals surface area contributed by atoms with Crippen molar-refractivity contribution in [2.75, 3.05) is 19.6 Å². The highest BCUT2D eigenvalue weighted by Gasteiger charge is 2.47. The number of alkyl halides is 3. The molecular formula is C37H37ClF4N4O5. The number of aliphatic carboxylic acids is 1. The highest BCUT2D eigenvalue weighted by Crippen LogP contribution is 2.43. The number of ether oxygens (including phenoxy) is 1. The summed E-state index contributed by atoms with van der Waals surface area (Å²) in [6, 6.07) is 18.4. The van der Waals surface area contributed by atoms with Crippen LogP contribution < -0.4 is 16.6 Å². The van der Waals surface area contributed by atoms with Crippen LogP contribution in [-0.2, 0) is 47.5 Å². The lowest BCUT2D eigenvalue weighted by Crippen LogP contribution is -2.50. The largest absolute Gasteiger partial charge is 0.481 e. The first-order chi connectivity index (χ1) is 24.4. The van der Waals surface area contributed by atoms with Crippen LogP contribution in [0.4, 0.5) is 17.6 Å². The van der Waals surface area contributed by atoms with E-state index in [1.54, 1.807) is 36.4 Å². The minimum atomic E-state index is -4.90. The van der Waals surface area contributed by atoms with Gasteiger partial charge in [-0.05, 0) is 61.2 Å². The van der Waals surface area contributed by atoms with Crippen LogP contribution in [0.1, 0.15) is 65.2 Å². The number of nitrogens with zero attached hydrogens (tertiary/aromatic N) is 3. The van der Waals surface area contributed by atoms with Gasteiger partial charge in [0.05, 0.1) is 42.6 Å². The predicted molar refractivity (Wildman–Crippen MR) is 182 cm³/mol. The first kappa shape index (κ1) is 36.5. The molecule has 3 heterocycles. The maximum Gasteiger partial charge on any atom is 0.416 e. The van der Waals surface area contributed by atoms with Crippen molar-refractivity contribution in [2.45, 2.75) is 69.7 Å². The molecule has 1 saturated heterocycles. The molecule has 2 aliphatic heterocycles. The van der Waals surface area contributed by atoms with Crippen molar-refractivity contribution >= 4 is 17.6 Å². The summed E-state index contributed by atoms with van der Waals surface area (Å²) >= 11 is 6.19. The highest BCUT2D eigenvalue weighted by molar-refractivity contribution is 6.30. The van der Waals surface area contributed by atoms with Gasteiger partial charge >= 0.3 is 17.8 Å². The third-order valence-electron chi connectivity index (χ3n) is 9.70. The van der Waals surface area contributed by atoms with Gasteiger partial charge in [0.1, 0.15) is 11.4 Å². The SMILES string of the molecule is O=C(O)CCCN[C@H](Cn1c(=O)c2c(n(Cc3c(F)cccc3C(F)(F)F)c1=O)COC21CCN(Cc2cccc(Cl)c2)CC1)c1ccccc1. The second kappa shape index (κ2) is 15.1. The average molecular weight is 729 g/mol. The Morgan fingerprint density at radius 2 is 1.71 bits per heavy atom. The van der Waals surface area contributed by atoms with Gasteiger partial charge in [0.25, 0.3) is 5.56 Å². The Hall–Kier alpha value is -4.30. The Balaban J connectivity index is 1.42. The van der Waals surface area contributed by atoms with E-state index >= 15 is 4.39 Å². The lowest BCUT2D eigenvalue weighted by atomic mass is 9.85. The van der Waals surface area contributed by atoms with E-state index in [9.17, 15) is 27.6 Å². The van der Waals surface area contributed by atoms with Gasteiger partial charge in [0, 0.05) is 36.6 Å². The number of halogens is 5. The molecule has 14 heteroatoms. The molecule has 2 N–H and O–H groups in total. The zero-order valence-electron chi connectivity index (χ0n) is 27.6. The number of nitrogens with one attached hydrogen (secondary N) is 1. The third kappa shape index (κ3) is 7.96. The standard InChI is InChI=1S/C37H37ClF4N4O5/c38-26-10-4-7-24(19-26)20-44-17-14-36(15-18-44)33-31(23-51-36)45(21-27-28(37(40,41)42)11-5-12-29(27)39)35(50)46(34(33)49)22-30(25-8-2-1-3-9-25)43-16-6-13-32(47)48/h1-5,7-12,19,30,43H,6,13-18,20-23H2,(H,47,48)/t30-/m1/s1. The van der Waals surface area contributed by atoms with Crippen molar-refractivity contribution < 1.29 is 32.2 Å². The van der Waals surface area contributed by atoms with Crippen LogP contribution in [0.5, 0.6) is 0 Å². The van der Waals surface area contributed by atoms with Crippen LogP contribution in [0.15, 0.2) is 82.4 Å². The van der Waals surface area contributed by atoms with Gasteiger partial charge in [-0.25, -0.2) is 9.18 Å². The lowest BCUT2D eigenvalue weighted by molar-refractivity contribution is -0.138. The van der Waals surface area contributed by atoms with E-state index in [2.05, 4.69) is 10.2 Å². The van der Waals surface area contributed by atoms with E-state index < -0.39 is 58.5 Å². The molecule has 1 spiro atoms. The molecule has 51 heavy (non-hydrogen) atoms. The van der Waals surface area contributed by atoms with Gasteiger partial charge in [-0.2, -0.15) is 13.2 Å². The Bertz CT molecular complexity index is 2010. The van der Waals surface area contributed by atoms with Crippen LogP contribution in [0, 0.1) is 5.82 Å². The number of piperidine rings is 1. The van der Waals surface area contributed by atoms with Crippen molar-refractivity contribution in [3.63, 3.8) is 0 Å².